The molecule has 0 saturated carbocycles. The first-order chi connectivity index (χ1) is 11.8. The zero-order chi connectivity index (χ0) is 18.6. The summed E-state index contributed by atoms with van der Waals surface area (Å²) in [6.07, 6.45) is 0. The molecule has 0 aliphatic carbocycles. The highest BCUT2D eigenvalue weighted by Crippen LogP contribution is 2.30. The number of carbonyl (C=O) groups is 1. The normalized spacial score (nSPS) is 10.6. The molecular weight excluding hydrogens is 344 g/mol. The van der Waals surface area contributed by atoms with E-state index >= 15 is 0 Å². The second-order valence-electron chi connectivity index (χ2n) is 6.06. The van der Waals surface area contributed by atoms with Crippen LogP contribution in [0.25, 0.3) is 0 Å². The number of nitro benzene ring substituents is 1. The van der Waals surface area contributed by atoms with Crippen molar-refractivity contribution in [2.45, 2.75) is 20.8 Å². The van der Waals surface area contributed by atoms with Gasteiger partial charge in [0.05, 0.1) is 11.5 Å². The van der Waals surface area contributed by atoms with Crippen molar-refractivity contribution in [3.8, 4) is 5.75 Å². The lowest BCUT2D eigenvalue weighted by Gasteiger charge is -2.11. The second kappa shape index (κ2) is 7.98. The maximum absolute atomic E-state index is 12.3. The molecule has 0 saturated heterocycles. The molecule has 0 bridgehead atoms. The molecule has 7 heteroatoms. The molecule has 6 nitrogen and oxygen atoms in total. The fourth-order valence-corrected chi connectivity index (χ4v) is 2.33. The number of hydrogen-bond acceptors (Lipinski definition) is 4. The van der Waals surface area contributed by atoms with Crippen molar-refractivity contribution >= 4 is 28.9 Å². The van der Waals surface area contributed by atoms with Gasteiger partial charge >= 0.3 is 0 Å². The van der Waals surface area contributed by atoms with E-state index in [2.05, 4.69) is 19.2 Å². The number of hydrogen-bond donors (Lipinski definition) is 1. The topological polar surface area (TPSA) is 81.5 Å². The van der Waals surface area contributed by atoms with Gasteiger partial charge in [-0.2, -0.15) is 0 Å². The average Bonchev–Trinajstić information content (AvgIpc) is 2.56. The number of halogens is 1. The van der Waals surface area contributed by atoms with Crippen molar-refractivity contribution in [3.05, 3.63) is 62.7 Å². The fourth-order valence-electron chi connectivity index (χ4n) is 2.10. The Kier molecular flexibility index (Phi) is 5.98. The van der Waals surface area contributed by atoms with Crippen LogP contribution in [0.4, 0.5) is 11.4 Å². The zero-order valence-corrected chi connectivity index (χ0v) is 15.0. The SMILES string of the molecule is Cc1cc([N+](=O)[O-])c(Cl)cc1NC(=O)c1ccc(OCC(C)C)cc1. The smallest absolute Gasteiger partial charge is 0.288 e. The summed E-state index contributed by atoms with van der Waals surface area (Å²) in [4.78, 5) is 22.7. The molecule has 0 aliphatic heterocycles. The third-order valence-corrected chi connectivity index (χ3v) is 3.74. The van der Waals surface area contributed by atoms with E-state index in [4.69, 9.17) is 16.3 Å². The van der Waals surface area contributed by atoms with Gasteiger partial charge in [0.15, 0.2) is 0 Å². The molecule has 0 unspecified atom stereocenters. The average molecular weight is 363 g/mol. The number of rotatable bonds is 6. The summed E-state index contributed by atoms with van der Waals surface area (Å²) in [6.45, 7) is 6.38. The van der Waals surface area contributed by atoms with E-state index in [-0.39, 0.29) is 16.6 Å². The van der Waals surface area contributed by atoms with Gasteiger partial charge in [0.1, 0.15) is 10.8 Å². The van der Waals surface area contributed by atoms with Crippen LogP contribution in [-0.4, -0.2) is 17.4 Å². The minimum absolute atomic E-state index is 0.0247. The minimum Gasteiger partial charge on any atom is -0.493 e. The first-order valence-electron chi connectivity index (χ1n) is 7.76. The van der Waals surface area contributed by atoms with Crippen molar-refractivity contribution in [2.75, 3.05) is 11.9 Å². The van der Waals surface area contributed by atoms with Gasteiger partial charge in [0.2, 0.25) is 0 Å². The summed E-state index contributed by atoms with van der Waals surface area (Å²) in [5.41, 5.74) is 1.25. The Bertz CT molecular complexity index is 788. The summed E-state index contributed by atoms with van der Waals surface area (Å²) >= 11 is 5.90. The highest BCUT2D eigenvalue weighted by Gasteiger charge is 2.16. The highest BCUT2D eigenvalue weighted by atomic mass is 35.5. The van der Waals surface area contributed by atoms with E-state index in [1.807, 2.05) is 0 Å². The van der Waals surface area contributed by atoms with Crippen LogP contribution in [0.5, 0.6) is 5.75 Å². The molecule has 1 N–H and O–H groups in total. The number of nitrogens with zero attached hydrogens (tertiary/aromatic N) is 1. The summed E-state index contributed by atoms with van der Waals surface area (Å²) in [6, 6.07) is 9.49. The van der Waals surface area contributed by atoms with Crippen molar-refractivity contribution in [1.82, 2.24) is 0 Å². The number of aryl methyl sites for hydroxylation is 1. The van der Waals surface area contributed by atoms with Gasteiger partial charge in [-0.1, -0.05) is 25.4 Å². The van der Waals surface area contributed by atoms with E-state index in [0.29, 0.717) is 35.1 Å². The van der Waals surface area contributed by atoms with E-state index in [9.17, 15) is 14.9 Å². The molecule has 0 atom stereocenters. The quantitative estimate of drug-likeness (QED) is 0.588. The van der Waals surface area contributed by atoms with Crippen LogP contribution in [0.15, 0.2) is 36.4 Å². The van der Waals surface area contributed by atoms with Crippen LogP contribution in [0.2, 0.25) is 5.02 Å². The predicted molar refractivity (Wildman–Crippen MR) is 97.6 cm³/mol. The summed E-state index contributed by atoms with van der Waals surface area (Å²) in [5.74, 6) is 0.779. The first-order valence-corrected chi connectivity index (χ1v) is 8.14. The molecule has 25 heavy (non-hydrogen) atoms. The lowest BCUT2D eigenvalue weighted by Crippen LogP contribution is -2.13. The molecule has 2 aromatic rings. The van der Waals surface area contributed by atoms with Crippen molar-refractivity contribution in [3.63, 3.8) is 0 Å². The number of benzene rings is 2. The van der Waals surface area contributed by atoms with Gasteiger partial charge in [0.25, 0.3) is 11.6 Å². The standard InChI is InChI=1S/C18H19ClN2O4/c1-11(2)10-25-14-6-4-13(5-7-14)18(22)20-16-9-15(19)17(21(23)24)8-12(16)3/h4-9,11H,10H2,1-3H3,(H,20,22). The Morgan fingerprint density at radius 1 is 1.28 bits per heavy atom. The van der Waals surface area contributed by atoms with Crippen LogP contribution < -0.4 is 10.1 Å². The number of carbonyl (C=O) groups excluding carboxylic acids is 1. The number of nitro groups is 1. The van der Waals surface area contributed by atoms with Crippen LogP contribution in [-0.2, 0) is 0 Å². The lowest BCUT2D eigenvalue weighted by molar-refractivity contribution is -0.384. The predicted octanol–water partition coefficient (Wildman–Crippen LogP) is 4.84. The van der Waals surface area contributed by atoms with Crippen LogP contribution in [0, 0.1) is 23.0 Å². The van der Waals surface area contributed by atoms with Crippen LogP contribution in [0.1, 0.15) is 29.8 Å². The Morgan fingerprint density at radius 3 is 2.48 bits per heavy atom. The maximum Gasteiger partial charge on any atom is 0.288 e. The molecule has 2 rings (SSSR count). The van der Waals surface area contributed by atoms with E-state index in [0.717, 1.165) is 0 Å². The number of nitrogens with one attached hydrogen (secondary N) is 1. The number of amides is 1. The summed E-state index contributed by atoms with van der Waals surface area (Å²) in [7, 11) is 0. The molecule has 0 heterocycles. The van der Waals surface area contributed by atoms with Gasteiger partial charge in [-0.25, -0.2) is 0 Å². The van der Waals surface area contributed by atoms with Gasteiger partial charge in [0, 0.05) is 17.3 Å². The number of anilines is 1. The highest BCUT2D eigenvalue weighted by molar-refractivity contribution is 6.33. The molecule has 0 aliphatic rings. The third kappa shape index (κ3) is 4.93. The van der Waals surface area contributed by atoms with E-state index in [1.54, 1.807) is 31.2 Å². The van der Waals surface area contributed by atoms with Gasteiger partial charge in [-0.3, -0.25) is 14.9 Å². The lowest BCUT2D eigenvalue weighted by atomic mass is 10.1. The molecule has 1 amide bonds. The minimum atomic E-state index is -0.559. The zero-order valence-electron chi connectivity index (χ0n) is 14.2. The molecule has 0 radical (unpaired) electrons. The maximum atomic E-state index is 12.3. The van der Waals surface area contributed by atoms with Crippen molar-refractivity contribution < 1.29 is 14.5 Å². The Hall–Kier alpha value is -2.60. The second-order valence-corrected chi connectivity index (χ2v) is 6.47. The van der Waals surface area contributed by atoms with Crippen LogP contribution in [0.3, 0.4) is 0 Å². The van der Waals surface area contributed by atoms with E-state index in [1.165, 1.54) is 12.1 Å². The van der Waals surface area contributed by atoms with E-state index < -0.39 is 4.92 Å². The Labute approximate surface area is 150 Å². The van der Waals surface area contributed by atoms with Crippen molar-refractivity contribution in [1.29, 1.82) is 0 Å². The van der Waals surface area contributed by atoms with Crippen LogP contribution >= 0.6 is 11.6 Å². The largest absolute Gasteiger partial charge is 0.493 e. The molecule has 0 fully saturated rings. The van der Waals surface area contributed by atoms with Gasteiger partial charge in [-0.15, -0.1) is 0 Å². The molecule has 132 valence electrons. The first kappa shape index (κ1) is 18.7. The van der Waals surface area contributed by atoms with Gasteiger partial charge < -0.3 is 10.1 Å². The third-order valence-electron chi connectivity index (χ3n) is 3.44. The summed E-state index contributed by atoms with van der Waals surface area (Å²) < 4.78 is 5.58. The molecule has 0 spiro atoms. The fraction of sp³-hybridized carbons (Fsp3) is 0.278. The monoisotopic (exact) mass is 362 g/mol. The summed E-state index contributed by atoms with van der Waals surface area (Å²) in [5, 5.41) is 13.6. The molecular formula is C18H19ClN2O4. The Balaban J connectivity index is 2.12. The molecule has 2 aromatic carbocycles. The van der Waals surface area contributed by atoms with Crippen molar-refractivity contribution in [2.24, 2.45) is 5.92 Å². The van der Waals surface area contributed by atoms with Gasteiger partial charge in [-0.05, 0) is 48.7 Å². The number of ether oxygens (including phenoxy) is 1. The molecule has 0 aromatic heterocycles. The Morgan fingerprint density at radius 2 is 1.92 bits per heavy atom.